The van der Waals surface area contributed by atoms with E-state index >= 15 is 0 Å². The zero-order chi connectivity index (χ0) is 16.8. The normalized spacial score (nSPS) is 10.8. The molecule has 0 aliphatic carbocycles. The molecule has 1 aromatic heterocycles. The SMILES string of the molecule is Clc1ccccc1COc1cccc(Cl)c1CNCc1ncc[nH]1. The highest BCUT2D eigenvalue weighted by atomic mass is 35.5. The first-order valence-corrected chi connectivity index (χ1v) is 8.32. The van der Waals surface area contributed by atoms with E-state index < -0.39 is 0 Å². The van der Waals surface area contributed by atoms with Crippen LogP contribution in [0, 0.1) is 0 Å². The van der Waals surface area contributed by atoms with Crippen molar-refractivity contribution in [2.24, 2.45) is 0 Å². The molecule has 0 aliphatic rings. The van der Waals surface area contributed by atoms with Crippen LogP contribution in [0.25, 0.3) is 0 Å². The third-order valence-corrected chi connectivity index (χ3v) is 4.29. The van der Waals surface area contributed by atoms with Crippen LogP contribution in [-0.2, 0) is 19.7 Å². The number of hydrogen-bond donors (Lipinski definition) is 2. The lowest BCUT2D eigenvalue weighted by Gasteiger charge is -2.14. The molecule has 0 saturated heterocycles. The molecule has 0 fully saturated rings. The standard InChI is InChI=1S/C18H17Cl2N3O/c19-15-5-2-1-4-13(15)12-24-17-7-3-6-16(20)14(17)10-21-11-18-22-8-9-23-18/h1-9,21H,10-12H2,(H,22,23). The van der Waals surface area contributed by atoms with E-state index in [0.29, 0.717) is 29.7 Å². The molecule has 0 unspecified atom stereocenters. The molecule has 0 spiro atoms. The van der Waals surface area contributed by atoms with Crippen molar-refractivity contribution < 1.29 is 4.74 Å². The van der Waals surface area contributed by atoms with Crippen LogP contribution in [0.1, 0.15) is 17.0 Å². The van der Waals surface area contributed by atoms with Gasteiger partial charge in [-0.3, -0.25) is 0 Å². The molecule has 2 N–H and O–H groups in total. The first-order valence-electron chi connectivity index (χ1n) is 7.56. The van der Waals surface area contributed by atoms with Crippen LogP contribution in [0.5, 0.6) is 5.75 Å². The smallest absolute Gasteiger partial charge is 0.125 e. The lowest BCUT2D eigenvalue weighted by atomic mass is 10.2. The molecule has 6 heteroatoms. The van der Waals surface area contributed by atoms with E-state index in [9.17, 15) is 0 Å². The molecule has 0 saturated carbocycles. The molecule has 3 aromatic rings. The van der Waals surface area contributed by atoms with Crippen LogP contribution in [0.4, 0.5) is 0 Å². The maximum Gasteiger partial charge on any atom is 0.125 e. The Morgan fingerprint density at radius 2 is 1.83 bits per heavy atom. The Morgan fingerprint density at radius 3 is 2.62 bits per heavy atom. The minimum absolute atomic E-state index is 0.394. The fraction of sp³-hybridized carbons (Fsp3) is 0.167. The number of halogens is 2. The van der Waals surface area contributed by atoms with E-state index in [2.05, 4.69) is 15.3 Å². The van der Waals surface area contributed by atoms with E-state index in [1.54, 1.807) is 12.4 Å². The van der Waals surface area contributed by atoms with Crippen molar-refractivity contribution in [3.05, 3.63) is 81.9 Å². The molecular formula is C18H17Cl2N3O. The Bertz CT molecular complexity index is 791. The average molecular weight is 362 g/mol. The summed E-state index contributed by atoms with van der Waals surface area (Å²) in [6.07, 6.45) is 3.52. The first kappa shape index (κ1) is 16.8. The minimum atomic E-state index is 0.394. The van der Waals surface area contributed by atoms with E-state index in [-0.39, 0.29) is 0 Å². The van der Waals surface area contributed by atoms with Crippen LogP contribution in [-0.4, -0.2) is 9.97 Å². The molecule has 0 radical (unpaired) electrons. The summed E-state index contributed by atoms with van der Waals surface area (Å²) in [6.45, 7) is 1.60. The zero-order valence-corrected chi connectivity index (χ0v) is 14.4. The van der Waals surface area contributed by atoms with Crippen LogP contribution < -0.4 is 10.1 Å². The summed E-state index contributed by atoms with van der Waals surface area (Å²) in [6, 6.07) is 13.3. The average Bonchev–Trinajstić information content (AvgIpc) is 3.09. The Balaban J connectivity index is 1.66. The van der Waals surface area contributed by atoms with Crippen LogP contribution in [0.3, 0.4) is 0 Å². The van der Waals surface area contributed by atoms with Gasteiger partial charge in [-0.15, -0.1) is 0 Å². The largest absolute Gasteiger partial charge is 0.488 e. The van der Waals surface area contributed by atoms with Gasteiger partial charge in [0, 0.05) is 40.1 Å². The summed E-state index contributed by atoms with van der Waals surface area (Å²) in [5.74, 6) is 1.62. The van der Waals surface area contributed by atoms with Crippen LogP contribution in [0.2, 0.25) is 10.0 Å². The molecule has 4 nitrogen and oxygen atoms in total. The van der Waals surface area contributed by atoms with Crippen molar-refractivity contribution in [1.82, 2.24) is 15.3 Å². The van der Waals surface area contributed by atoms with E-state index in [1.807, 2.05) is 42.5 Å². The number of hydrogen-bond acceptors (Lipinski definition) is 3. The van der Waals surface area contributed by atoms with Gasteiger partial charge in [0.05, 0.1) is 6.54 Å². The Hall–Kier alpha value is -2.01. The van der Waals surface area contributed by atoms with Gasteiger partial charge in [-0.1, -0.05) is 47.5 Å². The van der Waals surface area contributed by atoms with Crippen molar-refractivity contribution in [3.63, 3.8) is 0 Å². The van der Waals surface area contributed by atoms with E-state index in [0.717, 1.165) is 22.7 Å². The number of ether oxygens (including phenoxy) is 1. The molecule has 0 bridgehead atoms. The summed E-state index contributed by atoms with van der Waals surface area (Å²) in [7, 11) is 0. The number of aromatic amines is 1. The number of rotatable bonds is 7. The molecule has 0 atom stereocenters. The molecule has 1 heterocycles. The predicted octanol–water partition coefficient (Wildman–Crippen LogP) is 4.59. The highest BCUT2D eigenvalue weighted by Gasteiger charge is 2.09. The summed E-state index contributed by atoms with van der Waals surface area (Å²) >= 11 is 12.5. The van der Waals surface area contributed by atoms with Crippen molar-refractivity contribution in [1.29, 1.82) is 0 Å². The van der Waals surface area contributed by atoms with Crippen molar-refractivity contribution in [3.8, 4) is 5.75 Å². The molecular weight excluding hydrogens is 345 g/mol. The van der Waals surface area contributed by atoms with Gasteiger partial charge in [0.2, 0.25) is 0 Å². The second-order valence-corrected chi connectivity index (χ2v) is 6.05. The van der Waals surface area contributed by atoms with Crippen molar-refractivity contribution >= 4 is 23.2 Å². The third kappa shape index (κ3) is 4.29. The predicted molar refractivity (Wildman–Crippen MR) is 96.4 cm³/mol. The third-order valence-electron chi connectivity index (χ3n) is 3.57. The number of aromatic nitrogens is 2. The van der Waals surface area contributed by atoms with Gasteiger partial charge >= 0.3 is 0 Å². The molecule has 2 aromatic carbocycles. The topological polar surface area (TPSA) is 49.9 Å². The number of benzene rings is 2. The zero-order valence-electron chi connectivity index (χ0n) is 12.9. The van der Waals surface area contributed by atoms with E-state index in [4.69, 9.17) is 27.9 Å². The quantitative estimate of drug-likeness (QED) is 0.647. The second kappa shape index (κ2) is 8.20. The van der Waals surface area contributed by atoms with Gasteiger partial charge < -0.3 is 15.0 Å². The Labute approximate surface area is 150 Å². The lowest BCUT2D eigenvalue weighted by Crippen LogP contribution is -2.15. The Morgan fingerprint density at radius 1 is 1.00 bits per heavy atom. The second-order valence-electron chi connectivity index (χ2n) is 5.24. The Kier molecular flexibility index (Phi) is 5.75. The van der Waals surface area contributed by atoms with Gasteiger partial charge in [0.25, 0.3) is 0 Å². The summed E-state index contributed by atoms with van der Waals surface area (Å²) in [5, 5.41) is 4.67. The molecule has 0 amide bonds. The van der Waals surface area contributed by atoms with Crippen molar-refractivity contribution in [2.45, 2.75) is 19.7 Å². The number of imidazole rings is 1. The number of nitrogens with zero attached hydrogens (tertiary/aromatic N) is 1. The maximum atomic E-state index is 6.33. The van der Waals surface area contributed by atoms with Gasteiger partial charge in [-0.05, 0) is 18.2 Å². The van der Waals surface area contributed by atoms with Gasteiger partial charge in [-0.25, -0.2) is 4.98 Å². The first-order chi connectivity index (χ1) is 11.7. The van der Waals surface area contributed by atoms with Crippen LogP contribution >= 0.6 is 23.2 Å². The van der Waals surface area contributed by atoms with E-state index in [1.165, 1.54) is 0 Å². The van der Waals surface area contributed by atoms with Gasteiger partial charge in [0.1, 0.15) is 18.2 Å². The monoisotopic (exact) mass is 361 g/mol. The summed E-state index contributed by atoms with van der Waals surface area (Å²) < 4.78 is 5.94. The number of H-pyrrole nitrogens is 1. The van der Waals surface area contributed by atoms with Gasteiger partial charge in [-0.2, -0.15) is 0 Å². The molecule has 3 rings (SSSR count). The van der Waals surface area contributed by atoms with Crippen LogP contribution in [0.15, 0.2) is 54.9 Å². The fourth-order valence-electron chi connectivity index (χ4n) is 2.32. The highest BCUT2D eigenvalue weighted by molar-refractivity contribution is 6.31. The lowest BCUT2D eigenvalue weighted by molar-refractivity contribution is 0.302. The fourth-order valence-corrected chi connectivity index (χ4v) is 2.74. The van der Waals surface area contributed by atoms with Crippen molar-refractivity contribution in [2.75, 3.05) is 0 Å². The summed E-state index contributed by atoms with van der Waals surface area (Å²) in [4.78, 5) is 7.23. The number of nitrogens with one attached hydrogen (secondary N) is 2. The molecule has 0 aliphatic heterocycles. The highest BCUT2D eigenvalue weighted by Crippen LogP contribution is 2.28. The molecule has 124 valence electrons. The molecule has 24 heavy (non-hydrogen) atoms. The summed E-state index contributed by atoms with van der Waals surface area (Å²) in [5.41, 5.74) is 1.85. The maximum absolute atomic E-state index is 6.33. The minimum Gasteiger partial charge on any atom is -0.488 e. The van der Waals surface area contributed by atoms with Gasteiger partial charge in [0.15, 0.2) is 0 Å².